The number of anilines is 1. The molecule has 1 aromatic heterocycles. The average Bonchev–Trinajstić information content (AvgIpc) is 3.29. The zero-order valence-corrected chi connectivity index (χ0v) is 18.0. The Kier molecular flexibility index (Phi) is 6.12. The van der Waals surface area contributed by atoms with Gasteiger partial charge in [-0.15, -0.1) is 0 Å². The number of amides is 2. The highest BCUT2D eigenvalue weighted by molar-refractivity contribution is 6.05. The molecule has 3 aromatic carbocycles. The molecule has 32 heavy (non-hydrogen) atoms. The molecule has 0 spiro atoms. The minimum Gasteiger partial charge on any atom is -0.337 e. The van der Waals surface area contributed by atoms with Crippen molar-refractivity contribution in [3.05, 3.63) is 114 Å². The molecule has 0 radical (unpaired) electrons. The summed E-state index contributed by atoms with van der Waals surface area (Å²) in [6.07, 6.45) is 3.68. The van der Waals surface area contributed by atoms with Crippen LogP contribution in [0, 0.1) is 6.92 Å². The number of aryl methyl sites for hydroxylation is 1. The molecule has 2 amide bonds. The Morgan fingerprint density at radius 3 is 2.34 bits per heavy atom. The van der Waals surface area contributed by atoms with E-state index < -0.39 is 0 Å². The zero-order valence-electron chi connectivity index (χ0n) is 18.0. The summed E-state index contributed by atoms with van der Waals surface area (Å²) in [5.74, 6) is -0.340. The van der Waals surface area contributed by atoms with Crippen LogP contribution in [-0.4, -0.2) is 33.5 Å². The lowest BCUT2D eigenvalue weighted by Crippen LogP contribution is -2.26. The number of carbonyl (C=O) groups is 2. The molecule has 0 aliphatic heterocycles. The molecule has 4 aromatic rings. The number of aromatic nitrogens is 2. The van der Waals surface area contributed by atoms with Crippen molar-refractivity contribution in [2.75, 3.05) is 12.4 Å². The van der Waals surface area contributed by atoms with E-state index in [4.69, 9.17) is 0 Å². The molecule has 4 rings (SSSR count). The topological polar surface area (TPSA) is 67.2 Å². The maximum atomic E-state index is 13.0. The van der Waals surface area contributed by atoms with Gasteiger partial charge < -0.3 is 10.2 Å². The fraction of sp³-hybridized carbons (Fsp3) is 0.115. The number of nitrogens with one attached hydrogen (secondary N) is 1. The Balaban J connectivity index is 1.46. The normalized spacial score (nSPS) is 10.6. The van der Waals surface area contributed by atoms with Crippen molar-refractivity contribution in [1.29, 1.82) is 0 Å². The van der Waals surface area contributed by atoms with Crippen LogP contribution in [0.5, 0.6) is 0 Å². The van der Waals surface area contributed by atoms with Crippen molar-refractivity contribution in [3.63, 3.8) is 0 Å². The van der Waals surface area contributed by atoms with Crippen LogP contribution in [0.4, 0.5) is 5.69 Å². The third-order valence-electron chi connectivity index (χ3n) is 5.19. The Labute approximate surface area is 187 Å². The number of para-hydroxylation sites is 1. The van der Waals surface area contributed by atoms with Crippen LogP contribution >= 0.6 is 0 Å². The smallest absolute Gasteiger partial charge is 0.255 e. The molecule has 0 fully saturated rings. The first kappa shape index (κ1) is 21.1. The Morgan fingerprint density at radius 1 is 0.938 bits per heavy atom. The molecule has 1 N–H and O–H groups in total. The lowest BCUT2D eigenvalue weighted by molar-refractivity contribution is 0.0784. The minimum atomic E-state index is -0.208. The molecule has 0 bridgehead atoms. The minimum absolute atomic E-state index is 0.132. The summed E-state index contributed by atoms with van der Waals surface area (Å²) < 4.78 is 1.79. The molecule has 1 heterocycles. The van der Waals surface area contributed by atoms with E-state index in [1.807, 2.05) is 67.7 Å². The summed E-state index contributed by atoms with van der Waals surface area (Å²) in [5.41, 5.74) is 4.47. The predicted octanol–water partition coefficient (Wildman–Crippen LogP) is 4.71. The predicted molar refractivity (Wildman–Crippen MR) is 125 cm³/mol. The van der Waals surface area contributed by atoms with E-state index in [9.17, 15) is 9.59 Å². The van der Waals surface area contributed by atoms with Crippen molar-refractivity contribution >= 4 is 17.5 Å². The van der Waals surface area contributed by atoms with Gasteiger partial charge in [0.2, 0.25) is 0 Å². The lowest BCUT2D eigenvalue weighted by atomic mass is 10.1. The maximum absolute atomic E-state index is 13.0. The van der Waals surface area contributed by atoms with E-state index in [2.05, 4.69) is 10.4 Å². The molecular weight excluding hydrogens is 400 g/mol. The van der Waals surface area contributed by atoms with Gasteiger partial charge in [0.25, 0.3) is 11.8 Å². The van der Waals surface area contributed by atoms with Crippen molar-refractivity contribution in [2.24, 2.45) is 0 Å². The second-order valence-electron chi connectivity index (χ2n) is 7.64. The average molecular weight is 425 g/mol. The van der Waals surface area contributed by atoms with Gasteiger partial charge in [0.1, 0.15) is 0 Å². The van der Waals surface area contributed by atoms with Crippen molar-refractivity contribution in [2.45, 2.75) is 13.5 Å². The summed E-state index contributed by atoms with van der Waals surface area (Å²) in [6.45, 7) is 2.32. The third-order valence-corrected chi connectivity index (χ3v) is 5.19. The first-order valence-corrected chi connectivity index (χ1v) is 10.3. The van der Waals surface area contributed by atoms with Gasteiger partial charge in [-0.1, -0.05) is 42.5 Å². The van der Waals surface area contributed by atoms with Crippen LogP contribution in [0.15, 0.2) is 91.3 Å². The third kappa shape index (κ3) is 4.75. The van der Waals surface area contributed by atoms with Crippen molar-refractivity contribution in [3.8, 4) is 5.69 Å². The summed E-state index contributed by atoms with van der Waals surface area (Å²) in [7, 11) is 1.75. The molecule has 0 aliphatic rings. The molecule has 6 heteroatoms. The molecule has 0 saturated heterocycles. The highest BCUT2D eigenvalue weighted by Gasteiger charge is 2.16. The molecule has 0 unspecified atom stereocenters. The number of rotatable bonds is 6. The molecular formula is C26H24N4O2. The lowest BCUT2D eigenvalue weighted by Gasteiger charge is -2.17. The van der Waals surface area contributed by atoms with E-state index in [0.29, 0.717) is 23.4 Å². The van der Waals surface area contributed by atoms with Gasteiger partial charge in [0, 0.05) is 42.2 Å². The van der Waals surface area contributed by atoms with Crippen LogP contribution < -0.4 is 5.32 Å². The largest absolute Gasteiger partial charge is 0.337 e. The van der Waals surface area contributed by atoms with Crippen LogP contribution in [0.1, 0.15) is 31.8 Å². The second kappa shape index (κ2) is 9.31. The fourth-order valence-electron chi connectivity index (χ4n) is 3.40. The number of nitrogens with zero attached hydrogens (tertiary/aromatic N) is 3. The molecule has 0 atom stereocenters. The number of hydrogen-bond donors (Lipinski definition) is 1. The summed E-state index contributed by atoms with van der Waals surface area (Å²) in [5, 5.41) is 7.30. The number of hydrogen-bond acceptors (Lipinski definition) is 3. The van der Waals surface area contributed by atoms with Gasteiger partial charge in [0.05, 0.1) is 11.9 Å². The maximum Gasteiger partial charge on any atom is 0.255 e. The van der Waals surface area contributed by atoms with Gasteiger partial charge in [-0.25, -0.2) is 4.68 Å². The van der Waals surface area contributed by atoms with Crippen molar-refractivity contribution < 1.29 is 9.59 Å². The summed E-state index contributed by atoms with van der Waals surface area (Å²) in [4.78, 5) is 27.2. The quantitative estimate of drug-likeness (QED) is 0.488. The van der Waals surface area contributed by atoms with E-state index in [1.165, 1.54) is 0 Å². The molecule has 160 valence electrons. The zero-order chi connectivity index (χ0) is 22.5. The van der Waals surface area contributed by atoms with Gasteiger partial charge in [0.15, 0.2) is 0 Å². The van der Waals surface area contributed by atoms with Crippen LogP contribution in [0.3, 0.4) is 0 Å². The van der Waals surface area contributed by atoms with E-state index in [0.717, 1.165) is 16.8 Å². The van der Waals surface area contributed by atoms with E-state index in [-0.39, 0.29) is 11.8 Å². The Bertz CT molecular complexity index is 1230. The fourth-order valence-corrected chi connectivity index (χ4v) is 3.40. The van der Waals surface area contributed by atoms with Crippen LogP contribution in [-0.2, 0) is 6.54 Å². The van der Waals surface area contributed by atoms with Crippen LogP contribution in [0.25, 0.3) is 5.69 Å². The SMILES string of the molecule is Cc1ccc(C(=O)N(C)Cc2cnn(-c3ccccc3)c2)cc1NC(=O)c1ccccc1. The standard InChI is InChI=1S/C26H24N4O2/c1-19-13-14-22(15-24(19)28-25(31)21-9-5-3-6-10-21)26(32)29(2)17-20-16-27-30(18-20)23-11-7-4-8-12-23/h3-16,18H,17H2,1-2H3,(H,28,31). The summed E-state index contributed by atoms with van der Waals surface area (Å²) in [6, 6.07) is 24.2. The summed E-state index contributed by atoms with van der Waals surface area (Å²) >= 11 is 0. The van der Waals surface area contributed by atoms with Crippen molar-refractivity contribution in [1.82, 2.24) is 14.7 Å². The van der Waals surface area contributed by atoms with E-state index >= 15 is 0 Å². The molecule has 0 aliphatic carbocycles. The number of carbonyl (C=O) groups excluding carboxylic acids is 2. The van der Waals surface area contributed by atoms with Gasteiger partial charge in [-0.3, -0.25) is 9.59 Å². The highest BCUT2D eigenvalue weighted by Crippen LogP contribution is 2.20. The van der Waals surface area contributed by atoms with Gasteiger partial charge in [-0.2, -0.15) is 5.10 Å². The number of benzene rings is 3. The molecule has 6 nitrogen and oxygen atoms in total. The van der Waals surface area contributed by atoms with E-state index in [1.54, 1.807) is 47.1 Å². The first-order valence-electron chi connectivity index (χ1n) is 10.3. The van der Waals surface area contributed by atoms with Gasteiger partial charge in [-0.05, 0) is 48.9 Å². The highest BCUT2D eigenvalue weighted by atomic mass is 16.2. The van der Waals surface area contributed by atoms with Gasteiger partial charge >= 0.3 is 0 Å². The Morgan fingerprint density at radius 2 is 1.62 bits per heavy atom. The second-order valence-corrected chi connectivity index (χ2v) is 7.64. The van der Waals surface area contributed by atoms with Crippen LogP contribution in [0.2, 0.25) is 0 Å². The molecule has 0 saturated carbocycles. The monoisotopic (exact) mass is 424 g/mol. The first-order chi connectivity index (χ1) is 15.5. The Hall–Kier alpha value is -4.19.